The number of ether oxygens (including phenoxy) is 3. The Hall–Kier alpha value is -5.06. The molecule has 3 aromatic rings. The average molecular weight is 751 g/mol. The smallest absolute Gasteiger partial charge is 0.411 e. The van der Waals surface area contributed by atoms with Crippen LogP contribution < -0.4 is 15.4 Å². The van der Waals surface area contributed by atoms with Crippen molar-refractivity contribution in [1.29, 1.82) is 0 Å². The molecule has 1 saturated heterocycles. The molecule has 7 rings (SSSR count). The minimum atomic E-state index is -0.782. The molecule has 3 unspecified atom stereocenters. The van der Waals surface area contributed by atoms with Crippen LogP contribution in [-0.2, 0) is 38.4 Å². The van der Waals surface area contributed by atoms with Gasteiger partial charge in [-0.25, -0.2) is 9.59 Å². The zero-order valence-corrected chi connectivity index (χ0v) is 32.9. The summed E-state index contributed by atoms with van der Waals surface area (Å²) in [5.74, 6) is 0.156. The molecule has 292 valence electrons. The van der Waals surface area contributed by atoms with E-state index in [0.29, 0.717) is 32.4 Å². The number of nitrogens with zero attached hydrogens (tertiary/aromatic N) is 2. The van der Waals surface area contributed by atoms with E-state index < -0.39 is 35.5 Å². The van der Waals surface area contributed by atoms with E-state index in [1.54, 1.807) is 4.90 Å². The molecule has 1 fully saturated rings. The van der Waals surface area contributed by atoms with Crippen molar-refractivity contribution in [3.05, 3.63) is 100 Å². The Bertz CT molecular complexity index is 1950. The van der Waals surface area contributed by atoms with Gasteiger partial charge >= 0.3 is 12.2 Å². The highest BCUT2D eigenvalue weighted by molar-refractivity contribution is 5.88. The van der Waals surface area contributed by atoms with Crippen LogP contribution in [0.15, 0.2) is 66.7 Å². The van der Waals surface area contributed by atoms with Gasteiger partial charge in [0.25, 0.3) is 0 Å². The predicted molar refractivity (Wildman–Crippen MR) is 207 cm³/mol. The summed E-state index contributed by atoms with van der Waals surface area (Å²) < 4.78 is 17.5. The highest BCUT2D eigenvalue weighted by atomic mass is 16.6. The van der Waals surface area contributed by atoms with Crippen molar-refractivity contribution in [3.63, 3.8) is 0 Å². The third-order valence-electron chi connectivity index (χ3n) is 11.0. The van der Waals surface area contributed by atoms with Gasteiger partial charge in [0.2, 0.25) is 11.8 Å². The zero-order valence-electron chi connectivity index (χ0n) is 32.9. The first-order valence-electron chi connectivity index (χ1n) is 19.6. The van der Waals surface area contributed by atoms with Crippen molar-refractivity contribution in [2.45, 2.75) is 128 Å². The fraction of sp³-hybridized carbons (Fsp3) is 0.500. The number of benzene rings is 3. The second-order valence-corrected chi connectivity index (χ2v) is 17.3. The lowest BCUT2D eigenvalue weighted by atomic mass is 9.87. The molecule has 2 N–H and O–H groups in total. The van der Waals surface area contributed by atoms with Gasteiger partial charge in [-0.05, 0) is 101 Å². The van der Waals surface area contributed by atoms with Gasteiger partial charge in [-0.2, -0.15) is 0 Å². The number of fused-ring (bicyclic) bond motifs is 3. The maximum atomic E-state index is 14.1. The maximum Gasteiger partial charge on any atom is 0.411 e. The molecule has 55 heavy (non-hydrogen) atoms. The lowest BCUT2D eigenvalue weighted by Gasteiger charge is -2.38. The molecular formula is C44H54N4O7. The molecule has 11 heteroatoms. The normalized spacial score (nSPS) is 23.3. The second-order valence-electron chi connectivity index (χ2n) is 17.3. The van der Waals surface area contributed by atoms with E-state index in [2.05, 4.69) is 28.8 Å². The molecule has 3 heterocycles. The number of carbonyl (C=O) groups excluding carboxylic acids is 4. The summed E-state index contributed by atoms with van der Waals surface area (Å²) >= 11 is 0. The minimum absolute atomic E-state index is 0.120. The molecule has 4 aliphatic rings. The Kier molecular flexibility index (Phi) is 10.6. The molecule has 0 radical (unpaired) electrons. The van der Waals surface area contributed by atoms with Gasteiger partial charge in [0.1, 0.15) is 29.0 Å². The summed E-state index contributed by atoms with van der Waals surface area (Å²) in [6.45, 7) is 11.9. The number of carbonyl (C=O) groups is 4. The predicted octanol–water partition coefficient (Wildman–Crippen LogP) is 7.28. The van der Waals surface area contributed by atoms with Crippen LogP contribution in [0.2, 0.25) is 0 Å². The van der Waals surface area contributed by atoms with Crippen LogP contribution >= 0.6 is 0 Å². The van der Waals surface area contributed by atoms with Gasteiger partial charge < -0.3 is 24.8 Å². The van der Waals surface area contributed by atoms with Gasteiger partial charge in [-0.3, -0.25) is 19.4 Å². The zero-order chi connectivity index (χ0) is 39.1. The largest absolute Gasteiger partial charge is 0.493 e. The number of hydrogen-bond acceptors (Lipinski definition) is 7. The number of hydrogen-bond donors (Lipinski definition) is 2. The Balaban J connectivity index is 1.13. The summed E-state index contributed by atoms with van der Waals surface area (Å²) in [6, 6.07) is 20.2. The lowest BCUT2D eigenvalue weighted by Crippen LogP contribution is -2.54. The Morgan fingerprint density at radius 2 is 1.35 bits per heavy atom. The molecule has 0 aromatic heterocycles. The fourth-order valence-electron chi connectivity index (χ4n) is 8.38. The summed E-state index contributed by atoms with van der Waals surface area (Å²) in [5, 5.41) is 6.49. The van der Waals surface area contributed by atoms with Crippen LogP contribution in [0, 0.1) is 0 Å². The monoisotopic (exact) mass is 750 g/mol. The summed E-state index contributed by atoms with van der Waals surface area (Å²) in [7, 11) is 0. The molecule has 3 aliphatic heterocycles. The van der Waals surface area contributed by atoms with E-state index in [4.69, 9.17) is 14.2 Å². The van der Waals surface area contributed by atoms with Crippen LogP contribution in [0.1, 0.15) is 119 Å². The highest BCUT2D eigenvalue weighted by Crippen LogP contribution is 2.38. The van der Waals surface area contributed by atoms with Gasteiger partial charge in [0.15, 0.2) is 0 Å². The van der Waals surface area contributed by atoms with Crippen LogP contribution in [-0.4, -0.2) is 70.2 Å². The summed E-state index contributed by atoms with van der Waals surface area (Å²) in [4.78, 5) is 58.7. The molecular weight excluding hydrogens is 697 g/mol. The van der Waals surface area contributed by atoms with Crippen molar-refractivity contribution in [3.8, 4) is 5.75 Å². The van der Waals surface area contributed by atoms with Crippen molar-refractivity contribution >= 4 is 24.0 Å². The third kappa shape index (κ3) is 8.61. The first kappa shape index (κ1) is 38.2. The van der Waals surface area contributed by atoms with Gasteiger partial charge in [0.05, 0.1) is 25.2 Å². The molecule has 0 spiro atoms. The van der Waals surface area contributed by atoms with E-state index >= 15 is 0 Å². The number of amides is 4. The number of aryl methyl sites for hydroxylation is 1. The lowest BCUT2D eigenvalue weighted by molar-refractivity contribution is -0.128. The molecule has 0 bridgehead atoms. The number of likely N-dealkylation sites (tertiary alicyclic amines) is 1. The Morgan fingerprint density at radius 1 is 0.709 bits per heavy atom. The number of nitrogens with one attached hydrogen (secondary N) is 2. The maximum absolute atomic E-state index is 14.1. The average Bonchev–Trinajstić information content (AvgIpc) is 3.59. The molecule has 4 amide bonds. The molecule has 1 aliphatic carbocycles. The Morgan fingerprint density at radius 3 is 2.07 bits per heavy atom. The second kappa shape index (κ2) is 15.2. The first-order valence-corrected chi connectivity index (χ1v) is 19.6. The summed E-state index contributed by atoms with van der Waals surface area (Å²) in [5.41, 5.74) is 4.62. The standard InChI is InChI=1S/C44H54N4O7/c1-43(2,3)54-41(51)47-25-30-22-28(18-19-29(30)23-36(47)39(49)46-35-20-21-53-38-17-10-9-15-33(35)38)31-24-37(48(26-31)42(52)55-44(4,5)6)40(50)45-34-16-11-13-27-12-7-8-14-32(27)34/h7-10,12,14-15,17-19,22,31,34-37H,11,13,16,20-21,23-26H2,1-6H3,(H,45,50)(H,46,49)/t31?,34?,35?,36-,37+/m1/s1. The van der Waals surface area contributed by atoms with Gasteiger partial charge in [-0.15, -0.1) is 0 Å². The number of rotatable bonds is 5. The van der Waals surface area contributed by atoms with Crippen molar-refractivity contribution in [1.82, 2.24) is 20.4 Å². The van der Waals surface area contributed by atoms with Gasteiger partial charge in [0, 0.05) is 30.9 Å². The van der Waals surface area contributed by atoms with E-state index in [-0.39, 0.29) is 36.4 Å². The van der Waals surface area contributed by atoms with E-state index in [9.17, 15) is 19.2 Å². The Labute approximate surface area is 324 Å². The molecule has 5 atom stereocenters. The highest BCUT2D eigenvalue weighted by Gasteiger charge is 2.44. The molecule has 11 nitrogen and oxygen atoms in total. The third-order valence-corrected chi connectivity index (χ3v) is 11.0. The molecule has 3 aromatic carbocycles. The van der Waals surface area contributed by atoms with Crippen molar-refractivity contribution in [2.75, 3.05) is 13.2 Å². The van der Waals surface area contributed by atoms with E-state index in [1.807, 2.05) is 90.1 Å². The quantitative estimate of drug-likeness (QED) is 0.281. The fourth-order valence-corrected chi connectivity index (χ4v) is 8.38. The number of para-hydroxylation sites is 1. The van der Waals surface area contributed by atoms with Crippen LogP contribution in [0.4, 0.5) is 9.59 Å². The van der Waals surface area contributed by atoms with Crippen molar-refractivity contribution in [2.24, 2.45) is 0 Å². The SMILES string of the molecule is CC(C)(C)OC(=O)N1Cc2cc(C3C[C@@H](C(=O)NC4CCCc5ccccc54)N(C(=O)OC(C)(C)C)C3)ccc2C[C@@H]1C(=O)NC1CCOc2ccccc21. The summed E-state index contributed by atoms with van der Waals surface area (Å²) in [6.07, 6.45) is 3.08. The topological polar surface area (TPSA) is 127 Å². The minimum Gasteiger partial charge on any atom is -0.493 e. The van der Waals surface area contributed by atoms with Crippen LogP contribution in [0.25, 0.3) is 0 Å². The van der Waals surface area contributed by atoms with Crippen LogP contribution in [0.5, 0.6) is 5.75 Å². The van der Waals surface area contributed by atoms with E-state index in [1.165, 1.54) is 10.5 Å². The molecule has 0 saturated carbocycles. The van der Waals surface area contributed by atoms with E-state index in [0.717, 1.165) is 52.8 Å². The van der Waals surface area contributed by atoms with Gasteiger partial charge in [-0.1, -0.05) is 60.7 Å². The first-order chi connectivity index (χ1) is 26.1. The van der Waals surface area contributed by atoms with Crippen molar-refractivity contribution < 1.29 is 33.4 Å². The van der Waals surface area contributed by atoms with Crippen LogP contribution in [0.3, 0.4) is 0 Å².